The van der Waals surface area contributed by atoms with Crippen molar-refractivity contribution in [2.75, 3.05) is 37.8 Å². The van der Waals surface area contributed by atoms with Gasteiger partial charge in [0.05, 0.1) is 38.0 Å². The number of aromatic nitrogens is 4. The average molecular weight is 912 g/mol. The number of imidazole rings is 1. The number of thioether (sulfide) groups is 1. The topological polar surface area (TPSA) is 421 Å². The van der Waals surface area contributed by atoms with E-state index in [0.717, 1.165) is 29.0 Å². The molecular weight excluding hydrogens is 867 g/mol. The summed E-state index contributed by atoms with van der Waals surface area (Å²) in [5.74, 6) is -3.75. The van der Waals surface area contributed by atoms with E-state index in [9.17, 15) is 67.8 Å². The van der Waals surface area contributed by atoms with E-state index in [1.54, 1.807) is 0 Å². The van der Waals surface area contributed by atoms with Crippen molar-refractivity contribution in [2.45, 2.75) is 70.4 Å². The monoisotopic (exact) mass is 911 g/mol. The Morgan fingerprint density at radius 3 is 2.33 bits per heavy atom. The Kier molecular flexibility index (Phi) is 17.4. The summed E-state index contributed by atoms with van der Waals surface area (Å²) in [6.45, 7) is 1.46. The van der Waals surface area contributed by atoms with Gasteiger partial charge in [0.15, 0.2) is 22.8 Å². The molecule has 12 N–H and O–H groups in total. The van der Waals surface area contributed by atoms with Gasteiger partial charge >= 0.3 is 29.4 Å². The number of carboxylic acid groups (broad SMARTS) is 1. The molecule has 1 aliphatic heterocycles. The summed E-state index contributed by atoms with van der Waals surface area (Å²) in [7, 11) is -16.5. The van der Waals surface area contributed by atoms with E-state index in [-0.39, 0.29) is 42.2 Å². The van der Waals surface area contributed by atoms with Crippen LogP contribution in [0.25, 0.3) is 11.2 Å². The minimum Gasteiger partial charge on any atom is -0.481 e. The number of phosphoric ester groups is 3. The van der Waals surface area contributed by atoms with E-state index in [1.165, 1.54) is 20.8 Å². The van der Waals surface area contributed by atoms with Crippen LogP contribution in [0.15, 0.2) is 12.7 Å². The number of nitrogens with one attached hydrogen (secondary N) is 2. The van der Waals surface area contributed by atoms with Crippen LogP contribution in [-0.4, -0.2) is 145 Å². The number of carbonyl (C=O) groups excluding carboxylic acids is 3. The molecule has 58 heavy (non-hydrogen) atoms. The molecule has 2 aromatic heterocycles. The molecule has 0 radical (unpaired) electrons. The Morgan fingerprint density at radius 1 is 1.03 bits per heavy atom. The lowest BCUT2D eigenvalue weighted by Crippen LogP contribution is -2.46. The molecule has 9 atom stereocenters. The number of hydrogen-bond donors (Lipinski definition) is 11. The summed E-state index contributed by atoms with van der Waals surface area (Å²) in [5, 5.41) is 44.2. The van der Waals surface area contributed by atoms with Gasteiger partial charge < -0.3 is 61.1 Å². The number of nitrogens with zero attached hydrogens (tertiary/aromatic N) is 4. The van der Waals surface area contributed by atoms with Gasteiger partial charge in [-0.1, -0.05) is 32.5 Å². The lowest BCUT2D eigenvalue weighted by Gasteiger charge is -2.30. The molecule has 3 rings (SSSR count). The van der Waals surface area contributed by atoms with Gasteiger partial charge in [-0.15, -0.1) is 0 Å². The number of carboxylic acids is 1. The number of anilines is 1. The zero-order chi connectivity index (χ0) is 43.8. The maximum Gasteiger partial charge on any atom is 0.481 e. The summed E-state index contributed by atoms with van der Waals surface area (Å²) in [4.78, 5) is 98.3. The van der Waals surface area contributed by atoms with Gasteiger partial charge in [0.1, 0.15) is 36.3 Å². The number of aliphatic carboxylic acids is 1. The molecule has 1 aliphatic rings. The third kappa shape index (κ3) is 14.6. The molecule has 3 heterocycles. The molecule has 0 spiro atoms. The SMILES string of the molecule is C[C@H](C(=O)SCCNC(=O)CCNC(=O)[C@H](O)C(C)(C)COP(=O)(O)OP(=O)(O)OC[C@H]1O[C@@H](n2cnc3c(N)ncnc32)[C@H](O)[C@@H]1OP(=O)(O)O)C(O)CC(=O)O. The molecule has 31 heteroatoms. The summed E-state index contributed by atoms with van der Waals surface area (Å²) < 4.78 is 62.0. The van der Waals surface area contributed by atoms with E-state index >= 15 is 0 Å². The van der Waals surface area contributed by atoms with Crippen LogP contribution in [0.3, 0.4) is 0 Å². The molecule has 27 nitrogen and oxygen atoms in total. The highest BCUT2D eigenvalue weighted by Gasteiger charge is 2.50. The van der Waals surface area contributed by atoms with Gasteiger partial charge in [0, 0.05) is 30.7 Å². The van der Waals surface area contributed by atoms with Crippen LogP contribution in [0.4, 0.5) is 5.82 Å². The van der Waals surface area contributed by atoms with E-state index in [0.29, 0.717) is 0 Å². The average Bonchev–Trinajstić information content (AvgIpc) is 3.67. The van der Waals surface area contributed by atoms with E-state index in [4.69, 9.17) is 24.6 Å². The maximum atomic E-state index is 12.7. The first-order valence-electron chi connectivity index (χ1n) is 16.7. The highest BCUT2D eigenvalue weighted by Crippen LogP contribution is 2.61. The highest BCUT2D eigenvalue weighted by molar-refractivity contribution is 8.13. The van der Waals surface area contributed by atoms with Gasteiger partial charge in [0.25, 0.3) is 0 Å². The third-order valence-electron chi connectivity index (χ3n) is 8.08. The summed E-state index contributed by atoms with van der Waals surface area (Å²) >= 11 is 0.781. The predicted molar refractivity (Wildman–Crippen MR) is 195 cm³/mol. The van der Waals surface area contributed by atoms with Gasteiger partial charge in [-0.05, 0) is 0 Å². The largest absolute Gasteiger partial charge is 0.481 e. The van der Waals surface area contributed by atoms with Crippen molar-refractivity contribution in [1.29, 1.82) is 0 Å². The number of aliphatic hydroxyl groups is 3. The molecule has 0 bridgehead atoms. The normalized spacial score (nSPS) is 22.4. The number of rotatable bonds is 23. The number of hydrogen-bond acceptors (Lipinski definition) is 20. The fraction of sp³-hybridized carbons (Fsp3) is 0.667. The number of fused-ring (bicyclic) bond motifs is 1. The van der Waals surface area contributed by atoms with E-state index < -0.39 is 114 Å². The Bertz CT molecular complexity index is 1930. The first-order chi connectivity index (χ1) is 26.7. The molecule has 328 valence electrons. The Morgan fingerprint density at radius 2 is 1.69 bits per heavy atom. The summed E-state index contributed by atoms with van der Waals surface area (Å²) in [5.41, 5.74) is 4.17. The van der Waals surface area contributed by atoms with Crippen LogP contribution < -0.4 is 16.4 Å². The van der Waals surface area contributed by atoms with Crippen LogP contribution in [0.1, 0.15) is 39.8 Å². The van der Waals surface area contributed by atoms with Crippen molar-refractivity contribution in [2.24, 2.45) is 11.3 Å². The van der Waals surface area contributed by atoms with Crippen LogP contribution in [0, 0.1) is 11.3 Å². The van der Waals surface area contributed by atoms with Crippen LogP contribution in [0.2, 0.25) is 0 Å². The van der Waals surface area contributed by atoms with Crippen molar-refractivity contribution in [3.63, 3.8) is 0 Å². The van der Waals surface area contributed by atoms with Crippen LogP contribution in [-0.2, 0) is 55.5 Å². The number of nitrogen functional groups attached to an aromatic ring is 1. The van der Waals surface area contributed by atoms with Crippen LogP contribution in [0.5, 0.6) is 0 Å². The first kappa shape index (κ1) is 49.4. The molecule has 0 aromatic carbocycles. The lowest BCUT2D eigenvalue weighted by molar-refractivity contribution is -0.140. The smallest absolute Gasteiger partial charge is 0.481 e. The fourth-order valence-corrected chi connectivity index (χ4v) is 8.58. The lowest BCUT2D eigenvalue weighted by atomic mass is 9.87. The number of nitrogens with two attached hydrogens (primary N) is 1. The number of amides is 2. The zero-order valence-electron chi connectivity index (χ0n) is 30.7. The second-order valence-corrected chi connectivity index (χ2v) is 18.5. The summed E-state index contributed by atoms with van der Waals surface area (Å²) in [6, 6.07) is 0. The standard InChI is InChI=1S/C27H44N7O20P3S/c1-13(14(35)8-17(37)38)26(42)58-7-6-29-16(36)4-5-30-24(41)21(40)27(2,3)10-51-57(48,49)54-56(46,47)50-9-15-20(53-55(43,44)45)19(39)25(52-15)34-12-33-18-22(28)31-11-32-23(18)34/h11-15,19-21,25,35,39-40H,4-10H2,1-3H3,(H,29,36)(H,30,41)(H,37,38)(H,46,47)(H,48,49)(H2,28,31,32)(H2,43,44,45)/t13-,14?,15+,19+,20+,21-,25+/m0/s1. The first-order valence-corrected chi connectivity index (χ1v) is 22.2. The maximum absolute atomic E-state index is 12.7. The molecule has 3 unspecified atom stereocenters. The van der Waals surface area contributed by atoms with Gasteiger partial charge in [0.2, 0.25) is 11.8 Å². The Labute approximate surface area is 332 Å². The second-order valence-electron chi connectivity index (χ2n) is 13.2. The molecule has 1 fully saturated rings. The Balaban J connectivity index is 1.47. The molecule has 0 aliphatic carbocycles. The second kappa shape index (κ2) is 20.5. The quantitative estimate of drug-likeness (QED) is 0.0430. The predicted octanol–water partition coefficient (Wildman–Crippen LogP) is -1.86. The van der Waals surface area contributed by atoms with Gasteiger partial charge in [-0.2, -0.15) is 4.31 Å². The molecular formula is C27H44N7O20P3S. The van der Waals surface area contributed by atoms with Crippen LogP contribution >= 0.6 is 35.2 Å². The van der Waals surface area contributed by atoms with Crippen molar-refractivity contribution >= 4 is 75.1 Å². The number of ether oxygens (including phenoxy) is 1. The number of carbonyl (C=O) groups is 4. The minimum absolute atomic E-state index is 0.0148. The van der Waals surface area contributed by atoms with E-state index in [1.807, 2.05) is 0 Å². The van der Waals surface area contributed by atoms with Crippen molar-refractivity contribution < 1.29 is 95.5 Å². The highest BCUT2D eigenvalue weighted by atomic mass is 32.2. The fourth-order valence-electron chi connectivity index (χ4n) is 4.93. The van der Waals surface area contributed by atoms with Gasteiger partial charge in [-0.3, -0.25) is 37.3 Å². The summed E-state index contributed by atoms with van der Waals surface area (Å²) in [6.07, 6.45) is -9.15. The molecule has 1 saturated heterocycles. The van der Waals surface area contributed by atoms with Crippen molar-refractivity contribution in [1.82, 2.24) is 30.2 Å². The van der Waals surface area contributed by atoms with Crippen molar-refractivity contribution in [3.8, 4) is 0 Å². The third-order valence-corrected chi connectivity index (χ3v) is 12.2. The zero-order valence-corrected chi connectivity index (χ0v) is 34.2. The molecule has 0 saturated carbocycles. The van der Waals surface area contributed by atoms with Crippen molar-refractivity contribution in [3.05, 3.63) is 12.7 Å². The number of aliphatic hydroxyl groups excluding tert-OH is 3. The Hall–Kier alpha value is -3.01. The molecule has 2 aromatic rings. The number of phosphoric acid groups is 3. The minimum atomic E-state index is -5.60. The van der Waals surface area contributed by atoms with Gasteiger partial charge in [-0.25, -0.2) is 28.6 Å². The van der Waals surface area contributed by atoms with E-state index in [2.05, 4.69) is 34.4 Å². The molecule has 2 amide bonds.